The summed E-state index contributed by atoms with van der Waals surface area (Å²) in [6.45, 7) is 6.89. The zero-order valence-corrected chi connectivity index (χ0v) is 16.9. The molecule has 0 atom stereocenters. The van der Waals surface area contributed by atoms with E-state index in [1.54, 1.807) is 18.5 Å². The van der Waals surface area contributed by atoms with Crippen molar-refractivity contribution in [1.82, 2.24) is 29.4 Å². The van der Waals surface area contributed by atoms with E-state index in [0.29, 0.717) is 24.7 Å². The molecule has 0 bridgehead atoms. The highest BCUT2D eigenvalue weighted by atomic mass is 16.5. The van der Waals surface area contributed by atoms with Gasteiger partial charge in [0.2, 0.25) is 0 Å². The van der Waals surface area contributed by atoms with Crippen LogP contribution in [0, 0.1) is 0 Å². The smallest absolute Gasteiger partial charge is 0.272 e. The zero-order chi connectivity index (χ0) is 20.7. The molecule has 5 rings (SSSR count). The van der Waals surface area contributed by atoms with Crippen LogP contribution in [0.2, 0.25) is 0 Å². The molecule has 0 spiro atoms. The second-order valence-electron chi connectivity index (χ2n) is 7.65. The van der Waals surface area contributed by atoms with Crippen LogP contribution in [0.4, 0.5) is 5.82 Å². The van der Waals surface area contributed by atoms with E-state index in [2.05, 4.69) is 15.0 Å². The first-order valence-electron chi connectivity index (χ1n) is 10.1. The Morgan fingerprint density at radius 3 is 2.57 bits per heavy atom. The molecule has 4 aromatic heterocycles. The summed E-state index contributed by atoms with van der Waals surface area (Å²) in [7, 11) is 0. The van der Waals surface area contributed by atoms with Crippen LogP contribution in [0.25, 0.3) is 22.7 Å². The third-order valence-corrected chi connectivity index (χ3v) is 5.30. The second-order valence-corrected chi connectivity index (χ2v) is 7.65. The van der Waals surface area contributed by atoms with Crippen LogP contribution in [0.15, 0.2) is 47.5 Å². The third kappa shape index (κ3) is 3.26. The Labute approximate surface area is 172 Å². The van der Waals surface area contributed by atoms with Crippen LogP contribution in [0.1, 0.15) is 25.5 Å². The fraction of sp³-hybridized carbons (Fsp3) is 0.333. The van der Waals surface area contributed by atoms with Crippen molar-refractivity contribution in [2.45, 2.75) is 19.8 Å². The summed E-state index contributed by atoms with van der Waals surface area (Å²) in [5.41, 5.74) is 3.19. The second kappa shape index (κ2) is 7.42. The third-order valence-electron chi connectivity index (χ3n) is 5.30. The van der Waals surface area contributed by atoms with E-state index < -0.39 is 0 Å². The number of morpholine rings is 1. The molecule has 9 nitrogen and oxygen atoms in total. The zero-order valence-electron chi connectivity index (χ0n) is 16.9. The minimum absolute atomic E-state index is 0.127. The van der Waals surface area contributed by atoms with E-state index in [9.17, 15) is 4.79 Å². The number of pyridine rings is 1. The van der Waals surface area contributed by atoms with Gasteiger partial charge < -0.3 is 9.64 Å². The summed E-state index contributed by atoms with van der Waals surface area (Å²) in [4.78, 5) is 23.7. The lowest BCUT2D eigenvalue weighted by Gasteiger charge is -2.29. The van der Waals surface area contributed by atoms with Crippen LogP contribution in [0.3, 0.4) is 0 Å². The van der Waals surface area contributed by atoms with Crippen LogP contribution < -0.4 is 10.5 Å². The number of anilines is 1. The van der Waals surface area contributed by atoms with Gasteiger partial charge in [0.25, 0.3) is 5.56 Å². The maximum atomic E-state index is 12.6. The number of hydrogen-bond acceptors (Lipinski definition) is 6. The van der Waals surface area contributed by atoms with Crippen molar-refractivity contribution >= 4 is 11.5 Å². The summed E-state index contributed by atoms with van der Waals surface area (Å²) < 4.78 is 8.85. The van der Waals surface area contributed by atoms with E-state index >= 15 is 0 Å². The van der Waals surface area contributed by atoms with E-state index in [1.165, 1.54) is 4.68 Å². The predicted octanol–water partition coefficient (Wildman–Crippen LogP) is 2.23. The Morgan fingerprint density at radius 1 is 1.10 bits per heavy atom. The maximum Gasteiger partial charge on any atom is 0.272 e. The molecule has 1 saturated heterocycles. The van der Waals surface area contributed by atoms with Crippen LogP contribution in [0.5, 0.6) is 0 Å². The van der Waals surface area contributed by atoms with Gasteiger partial charge in [-0.25, -0.2) is 9.67 Å². The highest BCUT2D eigenvalue weighted by molar-refractivity contribution is 5.66. The van der Waals surface area contributed by atoms with Gasteiger partial charge in [0.05, 0.1) is 18.9 Å². The fourth-order valence-electron chi connectivity index (χ4n) is 3.62. The minimum atomic E-state index is -0.127. The molecule has 0 amide bonds. The Balaban J connectivity index is 1.70. The average molecular weight is 405 g/mol. The highest BCUT2D eigenvalue weighted by Crippen LogP contribution is 2.25. The van der Waals surface area contributed by atoms with Crippen molar-refractivity contribution in [1.29, 1.82) is 0 Å². The molecule has 154 valence electrons. The predicted molar refractivity (Wildman–Crippen MR) is 113 cm³/mol. The van der Waals surface area contributed by atoms with E-state index in [1.807, 2.05) is 42.6 Å². The number of aromatic nitrogens is 6. The van der Waals surface area contributed by atoms with Crippen LogP contribution in [-0.2, 0) is 4.74 Å². The lowest BCUT2D eigenvalue weighted by atomic mass is 10.1. The van der Waals surface area contributed by atoms with E-state index in [-0.39, 0.29) is 11.5 Å². The number of nitrogens with one attached hydrogen (secondary N) is 1. The lowest BCUT2D eigenvalue weighted by Crippen LogP contribution is -2.37. The van der Waals surface area contributed by atoms with Gasteiger partial charge in [-0.05, 0) is 18.1 Å². The Morgan fingerprint density at radius 2 is 1.87 bits per heavy atom. The minimum Gasteiger partial charge on any atom is -0.378 e. The highest BCUT2D eigenvalue weighted by Gasteiger charge is 2.20. The van der Waals surface area contributed by atoms with Crippen molar-refractivity contribution in [3.8, 4) is 17.1 Å². The number of rotatable bonds is 4. The van der Waals surface area contributed by atoms with Crippen molar-refractivity contribution in [3.63, 3.8) is 0 Å². The fourth-order valence-corrected chi connectivity index (χ4v) is 3.62. The lowest BCUT2D eigenvalue weighted by molar-refractivity contribution is 0.122. The van der Waals surface area contributed by atoms with Gasteiger partial charge in [-0.1, -0.05) is 13.8 Å². The standard InChI is InChI=1S/C21H23N7O2/c1-14(2)16-12-21(29)28(24-16)19-13-20(26-7-9-30-10-8-26)27-18(23-19)11-17(25-27)15-3-5-22-6-4-15/h3-6,11-14,24H,7-10H2,1-2H3. The van der Waals surface area contributed by atoms with Gasteiger partial charge in [0.1, 0.15) is 5.82 Å². The Hall–Kier alpha value is -3.46. The van der Waals surface area contributed by atoms with Crippen molar-refractivity contribution in [2.24, 2.45) is 0 Å². The SMILES string of the molecule is CC(C)c1cc(=O)n(-c2cc(N3CCOCC3)n3nc(-c4ccncc4)cc3n2)[nH]1. The first-order chi connectivity index (χ1) is 14.6. The Bertz CT molecular complexity index is 1230. The molecule has 1 aliphatic rings. The number of aromatic amines is 1. The molecule has 0 aliphatic carbocycles. The molecular weight excluding hydrogens is 382 g/mol. The first-order valence-corrected chi connectivity index (χ1v) is 10.1. The summed E-state index contributed by atoms with van der Waals surface area (Å²) in [6.07, 6.45) is 3.49. The maximum absolute atomic E-state index is 12.6. The van der Waals surface area contributed by atoms with Gasteiger partial charge >= 0.3 is 0 Å². The topological polar surface area (TPSA) is 93.3 Å². The van der Waals surface area contributed by atoms with Crippen molar-refractivity contribution in [2.75, 3.05) is 31.2 Å². The molecule has 4 aromatic rings. The summed E-state index contributed by atoms with van der Waals surface area (Å²) in [6, 6.07) is 9.30. The van der Waals surface area contributed by atoms with Crippen LogP contribution >= 0.6 is 0 Å². The van der Waals surface area contributed by atoms with Gasteiger partial charge in [0, 0.05) is 54.9 Å². The molecular formula is C21H23N7O2. The molecule has 0 aromatic carbocycles. The monoisotopic (exact) mass is 405 g/mol. The molecule has 5 heterocycles. The molecule has 9 heteroatoms. The summed E-state index contributed by atoms with van der Waals surface area (Å²) >= 11 is 0. The number of nitrogens with zero attached hydrogens (tertiary/aromatic N) is 6. The summed E-state index contributed by atoms with van der Waals surface area (Å²) in [5, 5.41) is 7.99. The van der Waals surface area contributed by atoms with Crippen LogP contribution in [-0.4, -0.2) is 55.7 Å². The molecule has 1 fully saturated rings. The van der Waals surface area contributed by atoms with Gasteiger partial charge in [-0.2, -0.15) is 9.61 Å². The van der Waals surface area contributed by atoms with Gasteiger partial charge in [-0.3, -0.25) is 14.9 Å². The molecule has 0 unspecified atom stereocenters. The number of ether oxygens (including phenoxy) is 1. The number of fused-ring (bicyclic) bond motifs is 1. The Kier molecular flexibility index (Phi) is 4.59. The quantitative estimate of drug-likeness (QED) is 0.560. The normalized spacial score (nSPS) is 14.7. The molecule has 0 saturated carbocycles. The molecule has 0 radical (unpaired) electrons. The average Bonchev–Trinajstić information content (AvgIpc) is 3.38. The van der Waals surface area contributed by atoms with Crippen molar-refractivity contribution < 1.29 is 4.74 Å². The first kappa shape index (κ1) is 18.6. The van der Waals surface area contributed by atoms with Gasteiger partial charge in [-0.15, -0.1) is 0 Å². The van der Waals surface area contributed by atoms with E-state index in [0.717, 1.165) is 35.9 Å². The number of H-pyrrole nitrogens is 1. The summed E-state index contributed by atoms with van der Waals surface area (Å²) in [5.74, 6) is 1.64. The largest absolute Gasteiger partial charge is 0.378 e. The number of hydrogen-bond donors (Lipinski definition) is 1. The van der Waals surface area contributed by atoms with Crippen molar-refractivity contribution in [3.05, 3.63) is 58.8 Å². The van der Waals surface area contributed by atoms with Gasteiger partial charge in [0.15, 0.2) is 11.5 Å². The molecule has 1 aliphatic heterocycles. The van der Waals surface area contributed by atoms with E-state index in [4.69, 9.17) is 14.8 Å². The molecule has 1 N–H and O–H groups in total. The molecule has 30 heavy (non-hydrogen) atoms.